The summed E-state index contributed by atoms with van der Waals surface area (Å²) in [6, 6.07) is 2.09. The van der Waals surface area contributed by atoms with Gasteiger partial charge in [0, 0.05) is 0 Å². The van der Waals surface area contributed by atoms with Gasteiger partial charge in [0.2, 0.25) is 0 Å². The van der Waals surface area contributed by atoms with E-state index in [1.807, 2.05) is 6.92 Å². The van der Waals surface area contributed by atoms with Gasteiger partial charge in [0.05, 0.1) is 24.2 Å². The largest absolute Gasteiger partial charge is 0.468 e. The summed E-state index contributed by atoms with van der Waals surface area (Å²) in [5.41, 5.74) is 0. The third-order valence-electron chi connectivity index (χ3n) is 1.14. The number of hydrogen-bond acceptors (Lipinski definition) is 4. The van der Waals surface area contributed by atoms with Crippen LogP contribution in [0.25, 0.3) is 0 Å². The van der Waals surface area contributed by atoms with E-state index in [9.17, 15) is 4.79 Å². The molecule has 0 aromatic heterocycles. The summed E-state index contributed by atoms with van der Waals surface area (Å²) in [5, 5.41) is 8.40. The minimum Gasteiger partial charge on any atom is -0.468 e. The molecule has 62 valence electrons. The van der Waals surface area contributed by atoms with Crippen molar-refractivity contribution in [3.63, 3.8) is 0 Å². The Kier molecular flexibility index (Phi) is 5.67. The molecule has 0 radical (unpaired) electrons. The van der Waals surface area contributed by atoms with E-state index in [2.05, 4.69) is 10.8 Å². The van der Waals surface area contributed by atoms with E-state index in [1.54, 1.807) is 0 Å². The van der Waals surface area contributed by atoms with Gasteiger partial charge in [-0.05, 0) is 6.42 Å². The Morgan fingerprint density at radius 1 is 1.82 bits per heavy atom. The summed E-state index contributed by atoms with van der Waals surface area (Å²) in [7, 11) is 1.34. The Morgan fingerprint density at radius 2 is 2.45 bits per heavy atom. The van der Waals surface area contributed by atoms with Crippen LogP contribution in [0.4, 0.5) is 0 Å². The minimum absolute atomic E-state index is 0.0888. The highest BCUT2D eigenvalue weighted by Gasteiger charge is 2.07. The van der Waals surface area contributed by atoms with Gasteiger partial charge in [0.1, 0.15) is 0 Å². The lowest BCUT2D eigenvalue weighted by molar-refractivity contribution is -0.137. The number of nitriles is 1. The summed E-state index contributed by atoms with van der Waals surface area (Å²) in [4.78, 5) is 10.6. The molecular weight excluding hydrogens is 162 g/mol. The Balaban J connectivity index is 3.52. The van der Waals surface area contributed by atoms with Crippen molar-refractivity contribution in [1.29, 1.82) is 5.26 Å². The second-order valence-corrected chi connectivity index (χ2v) is 3.10. The first kappa shape index (κ1) is 10.3. The summed E-state index contributed by atoms with van der Waals surface area (Å²) in [5.74, 6) is -0.00792. The van der Waals surface area contributed by atoms with Gasteiger partial charge in [-0.3, -0.25) is 4.79 Å². The van der Waals surface area contributed by atoms with Gasteiger partial charge in [-0.2, -0.15) is 5.26 Å². The highest BCUT2D eigenvalue weighted by Crippen LogP contribution is 2.12. The van der Waals surface area contributed by atoms with Gasteiger partial charge in [-0.25, -0.2) is 0 Å². The fourth-order valence-corrected chi connectivity index (χ4v) is 1.24. The molecule has 0 rings (SSSR count). The molecule has 0 aromatic carbocycles. The zero-order valence-corrected chi connectivity index (χ0v) is 7.48. The van der Waals surface area contributed by atoms with Gasteiger partial charge < -0.3 is 4.74 Å². The number of carbonyl (C=O) groups is 1. The molecule has 11 heavy (non-hydrogen) atoms. The molecular formula is C7H11NO2S. The monoisotopic (exact) mass is 173 g/mol. The number of ether oxygens (including phenoxy) is 1. The zero-order chi connectivity index (χ0) is 8.69. The number of nitrogens with zero attached hydrogens (tertiary/aromatic N) is 1. The van der Waals surface area contributed by atoms with Crippen molar-refractivity contribution in [3.8, 4) is 6.07 Å². The molecule has 0 N–H and O–H groups in total. The second kappa shape index (κ2) is 6.05. The molecule has 0 saturated heterocycles. The van der Waals surface area contributed by atoms with Crippen LogP contribution in [0, 0.1) is 11.3 Å². The smallest absolute Gasteiger partial charge is 0.315 e. The van der Waals surface area contributed by atoms with Crippen LogP contribution < -0.4 is 0 Å². The maximum Gasteiger partial charge on any atom is 0.315 e. The lowest BCUT2D eigenvalue weighted by Gasteiger charge is -2.02. The van der Waals surface area contributed by atoms with E-state index in [0.717, 1.165) is 6.42 Å². The summed E-state index contributed by atoms with van der Waals surface area (Å²) in [6.45, 7) is 1.91. The van der Waals surface area contributed by atoms with Crippen LogP contribution in [0.5, 0.6) is 0 Å². The molecule has 0 aliphatic carbocycles. The Labute approximate surface area is 70.7 Å². The van der Waals surface area contributed by atoms with Gasteiger partial charge in [-0.15, -0.1) is 11.8 Å². The lowest BCUT2D eigenvalue weighted by atomic mass is 10.4. The van der Waals surface area contributed by atoms with E-state index in [4.69, 9.17) is 5.26 Å². The molecule has 0 aliphatic heterocycles. The molecule has 4 heteroatoms. The standard InChI is InChI=1S/C7H11NO2S/c1-3-6(4-8)11-5-7(9)10-2/h6H,3,5H2,1-2H3. The van der Waals surface area contributed by atoms with Crippen LogP contribution in [0.3, 0.4) is 0 Å². The van der Waals surface area contributed by atoms with Crippen LogP contribution in [0.1, 0.15) is 13.3 Å². The van der Waals surface area contributed by atoms with Crippen molar-refractivity contribution in [2.45, 2.75) is 18.6 Å². The molecule has 0 fully saturated rings. The van der Waals surface area contributed by atoms with Crippen molar-refractivity contribution in [1.82, 2.24) is 0 Å². The average molecular weight is 173 g/mol. The fraction of sp³-hybridized carbons (Fsp3) is 0.714. The highest BCUT2D eigenvalue weighted by atomic mass is 32.2. The molecule has 3 nitrogen and oxygen atoms in total. The van der Waals surface area contributed by atoms with Crippen LogP contribution in [0.2, 0.25) is 0 Å². The topological polar surface area (TPSA) is 50.1 Å². The number of rotatable bonds is 4. The first-order chi connectivity index (χ1) is 5.24. The van der Waals surface area contributed by atoms with Gasteiger partial charge >= 0.3 is 5.97 Å². The average Bonchev–Trinajstić information content (AvgIpc) is 2.06. The van der Waals surface area contributed by atoms with Crippen molar-refractivity contribution in [3.05, 3.63) is 0 Å². The quantitative estimate of drug-likeness (QED) is 0.599. The highest BCUT2D eigenvalue weighted by molar-refractivity contribution is 8.00. The second-order valence-electron chi connectivity index (χ2n) is 1.91. The number of carbonyl (C=O) groups excluding carboxylic acids is 1. The van der Waals surface area contributed by atoms with Crippen molar-refractivity contribution in [2.24, 2.45) is 0 Å². The molecule has 0 bridgehead atoms. The van der Waals surface area contributed by atoms with Crippen molar-refractivity contribution >= 4 is 17.7 Å². The maximum absolute atomic E-state index is 10.6. The van der Waals surface area contributed by atoms with Crippen LogP contribution in [0.15, 0.2) is 0 Å². The van der Waals surface area contributed by atoms with Crippen molar-refractivity contribution < 1.29 is 9.53 Å². The molecule has 0 aromatic rings. The molecule has 0 saturated carbocycles. The molecule has 1 unspecified atom stereocenters. The fourth-order valence-electron chi connectivity index (χ4n) is 0.474. The molecule has 0 spiro atoms. The van der Waals surface area contributed by atoms with Crippen LogP contribution in [-0.2, 0) is 9.53 Å². The van der Waals surface area contributed by atoms with E-state index in [0.29, 0.717) is 0 Å². The van der Waals surface area contributed by atoms with E-state index in [-0.39, 0.29) is 17.0 Å². The van der Waals surface area contributed by atoms with E-state index < -0.39 is 0 Å². The normalized spacial score (nSPS) is 11.7. The number of hydrogen-bond donors (Lipinski definition) is 0. The van der Waals surface area contributed by atoms with E-state index in [1.165, 1.54) is 18.9 Å². The van der Waals surface area contributed by atoms with E-state index >= 15 is 0 Å². The Hall–Kier alpha value is -0.690. The minimum atomic E-state index is -0.274. The van der Waals surface area contributed by atoms with Crippen molar-refractivity contribution in [2.75, 3.05) is 12.9 Å². The van der Waals surface area contributed by atoms with Crippen LogP contribution >= 0.6 is 11.8 Å². The van der Waals surface area contributed by atoms with Gasteiger partial charge in [0.25, 0.3) is 0 Å². The third kappa shape index (κ3) is 4.68. The lowest BCUT2D eigenvalue weighted by Crippen LogP contribution is -2.07. The Morgan fingerprint density at radius 3 is 2.82 bits per heavy atom. The van der Waals surface area contributed by atoms with Gasteiger partial charge in [-0.1, -0.05) is 6.92 Å². The third-order valence-corrected chi connectivity index (χ3v) is 2.39. The maximum atomic E-state index is 10.6. The summed E-state index contributed by atoms with van der Waals surface area (Å²) in [6.07, 6.45) is 0.762. The molecule has 0 amide bonds. The first-order valence-corrected chi connectivity index (χ1v) is 4.37. The SMILES string of the molecule is CCC(C#N)SCC(=O)OC. The Bertz CT molecular complexity index is 164. The number of methoxy groups -OCH3 is 1. The molecule has 1 atom stereocenters. The summed E-state index contributed by atoms with van der Waals surface area (Å²) < 4.78 is 4.42. The predicted octanol–water partition coefficient (Wildman–Crippen LogP) is 1.19. The number of esters is 1. The first-order valence-electron chi connectivity index (χ1n) is 3.32. The summed E-state index contributed by atoms with van der Waals surface area (Å²) >= 11 is 1.32. The molecule has 0 aliphatic rings. The molecule has 0 heterocycles. The number of thioether (sulfide) groups is 1. The van der Waals surface area contributed by atoms with Gasteiger partial charge in [0.15, 0.2) is 0 Å². The van der Waals surface area contributed by atoms with Crippen LogP contribution in [-0.4, -0.2) is 24.1 Å². The zero-order valence-electron chi connectivity index (χ0n) is 6.66. The predicted molar refractivity (Wildman–Crippen MR) is 44.2 cm³/mol.